The first kappa shape index (κ1) is 15.8. The lowest BCUT2D eigenvalue weighted by molar-refractivity contribution is -0.364. The molecule has 1 aliphatic rings. The van der Waals surface area contributed by atoms with Crippen LogP contribution < -0.4 is 14.6 Å². The molecule has 6 heteroatoms. The SMILES string of the molecule is N#Cc1ccc(OCC(=O)N2CCN(c3cccc[nH+]3)CC2)cc1. The summed E-state index contributed by atoms with van der Waals surface area (Å²) in [7, 11) is 0. The number of nitrogens with one attached hydrogen (secondary N) is 1. The van der Waals surface area contributed by atoms with Gasteiger partial charge in [-0.05, 0) is 30.3 Å². The molecule has 1 fully saturated rings. The Balaban J connectivity index is 1.47. The number of carbonyl (C=O) groups excluding carboxylic acids is 1. The van der Waals surface area contributed by atoms with Crippen molar-refractivity contribution in [1.29, 1.82) is 5.26 Å². The van der Waals surface area contributed by atoms with Crippen LogP contribution in [0.15, 0.2) is 48.7 Å². The molecule has 1 saturated heterocycles. The van der Waals surface area contributed by atoms with Crippen molar-refractivity contribution in [3.05, 3.63) is 54.2 Å². The number of anilines is 1. The van der Waals surface area contributed by atoms with E-state index in [4.69, 9.17) is 10.00 Å². The lowest BCUT2D eigenvalue weighted by Crippen LogP contribution is -2.51. The number of hydrogen-bond acceptors (Lipinski definition) is 4. The van der Waals surface area contributed by atoms with Crippen molar-refractivity contribution in [2.24, 2.45) is 0 Å². The first-order valence-corrected chi connectivity index (χ1v) is 7.88. The zero-order valence-electron chi connectivity index (χ0n) is 13.3. The Morgan fingerprint density at radius 2 is 1.88 bits per heavy atom. The fourth-order valence-corrected chi connectivity index (χ4v) is 2.64. The molecule has 1 N–H and O–H groups in total. The number of amides is 1. The zero-order valence-corrected chi connectivity index (χ0v) is 13.3. The summed E-state index contributed by atoms with van der Waals surface area (Å²) in [5.74, 6) is 1.65. The van der Waals surface area contributed by atoms with Gasteiger partial charge in [-0.15, -0.1) is 0 Å². The highest BCUT2D eigenvalue weighted by atomic mass is 16.5. The van der Waals surface area contributed by atoms with E-state index in [1.807, 2.05) is 29.3 Å². The van der Waals surface area contributed by atoms with Crippen molar-refractivity contribution in [1.82, 2.24) is 4.90 Å². The molecular weight excluding hydrogens is 304 g/mol. The van der Waals surface area contributed by atoms with Gasteiger partial charge in [-0.2, -0.15) is 5.26 Å². The number of aromatic amines is 1. The Hall–Kier alpha value is -3.07. The van der Waals surface area contributed by atoms with Gasteiger partial charge in [-0.1, -0.05) is 6.07 Å². The molecule has 0 aliphatic carbocycles. The van der Waals surface area contributed by atoms with E-state index in [-0.39, 0.29) is 12.5 Å². The number of carbonyl (C=O) groups is 1. The second-order valence-corrected chi connectivity index (χ2v) is 5.54. The summed E-state index contributed by atoms with van der Waals surface area (Å²) in [6, 6.07) is 14.8. The zero-order chi connectivity index (χ0) is 16.8. The molecule has 24 heavy (non-hydrogen) atoms. The minimum atomic E-state index is -0.0175. The number of piperazine rings is 1. The molecule has 0 unspecified atom stereocenters. The van der Waals surface area contributed by atoms with E-state index in [1.165, 1.54) is 0 Å². The summed E-state index contributed by atoms with van der Waals surface area (Å²) in [4.78, 5) is 19.5. The number of nitriles is 1. The Bertz CT molecular complexity index is 717. The summed E-state index contributed by atoms with van der Waals surface area (Å²) >= 11 is 0. The Labute approximate surface area is 140 Å². The quantitative estimate of drug-likeness (QED) is 0.845. The van der Waals surface area contributed by atoms with E-state index in [9.17, 15) is 4.79 Å². The minimum absolute atomic E-state index is 0.0172. The average molecular weight is 323 g/mol. The summed E-state index contributed by atoms with van der Waals surface area (Å²) in [6.07, 6.45) is 1.90. The van der Waals surface area contributed by atoms with Crippen LogP contribution in [0.3, 0.4) is 0 Å². The number of benzene rings is 1. The summed E-state index contributed by atoms with van der Waals surface area (Å²) < 4.78 is 5.51. The third-order valence-corrected chi connectivity index (χ3v) is 4.01. The molecule has 3 rings (SSSR count). The number of aromatic nitrogens is 1. The lowest BCUT2D eigenvalue weighted by Gasteiger charge is -2.30. The monoisotopic (exact) mass is 323 g/mol. The summed E-state index contributed by atoms with van der Waals surface area (Å²) in [6.45, 7) is 2.96. The fourth-order valence-electron chi connectivity index (χ4n) is 2.64. The third kappa shape index (κ3) is 3.82. The molecule has 1 aliphatic heterocycles. The van der Waals surface area contributed by atoms with Crippen LogP contribution in [0.1, 0.15) is 5.56 Å². The van der Waals surface area contributed by atoms with Crippen LogP contribution in [0.5, 0.6) is 5.75 Å². The topological polar surface area (TPSA) is 70.7 Å². The van der Waals surface area contributed by atoms with E-state index in [1.54, 1.807) is 24.3 Å². The highest BCUT2D eigenvalue weighted by Crippen LogP contribution is 2.13. The van der Waals surface area contributed by atoms with Gasteiger partial charge in [0.15, 0.2) is 6.61 Å². The highest BCUT2D eigenvalue weighted by molar-refractivity contribution is 5.78. The molecule has 0 radical (unpaired) electrons. The van der Waals surface area contributed by atoms with Crippen LogP contribution in [0.2, 0.25) is 0 Å². The first-order valence-electron chi connectivity index (χ1n) is 7.88. The van der Waals surface area contributed by atoms with E-state index >= 15 is 0 Å². The van der Waals surface area contributed by atoms with Gasteiger partial charge in [0.2, 0.25) is 0 Å². The predicted octanol–water partition coefficient (Wildman–Crippen LogP) is 1.10. The van der Waals surface area contributed by atoms with Gasteiger partial charge in [-0.3, -0.25) is 9.69 Å². The largest absolute Gasteiger partial charge is 0.484 e. The van der Waals surface area contributed by atoms with Gasteiger partial charge in [0.25, 0.3) is 11.7 Å². The second kappa shape index (κ2) is 7.47. The Morgan fingerprint density at radius 3 is 2.50 bits per heavy atom. The molecule has 0 atom stereocenters. The van der Waals surface area contributed by atoms with Crippen molar-refractivity contribution in [2.45, 2.75) is 0 Å². The standard InChI is InChI=1S/C18H18N4O2/c19-13-15-4-6-16(7-5-15)24-14-18(23)22-11-9-21(10-12-22)17-3-1-2-8-20-17/h1-8H,9-12,14H2/p+1. The number of ether oxygens (including phenoxy) is 1. The van der Waals surface area contributed by atoms with E-state index in [0.717, 1.165) is 18.9 Å². The molecule has 2 aromatic rings. The van der Waals surface area contributed by atoms with Crippen LogP contribution in [0.4, 0.5) is 5.82 Å². The van der Waals surface area contributed by atoms with Gasteiger partial charge in [-0.25, -0.2) is 4.98 Å². The van der Waals surface area contributed by atoms with Crippen LogP contribution in [-0.4, -0.2) is 43.6 Å². The molecule has 6 nitrogen and oxygen atoms in total. The van der Waals surface area contributed by atoms with Crippen LogP contribution in [-0.2, 0) is 4.79 Å². The maximum atomic E-state index is 12.3. The highest BCUT2D eigenvalue weighted by Gasteiger charge is 2.26. The molecular formula is C18H19N4O2+. The van der Waals surface area contributed by atoms with Gasteiger partial charge in [0.05, 0.1) is 30.9 Å². The predicted molar refractivity (Wildman–Crippen MR) is 88.4 cm³/mol. The van der Waals surface area contributed by atoms with Crippen LogP contribution >= 0.6 is 0 Å². The van der Waals surface area contributed by atoms with Gasteiger partial charge >= 0.3 is 0 Å². The maximum absolute atomic E-state index is 12.3. The number of pyridine rings is 1. The van der Waals surface area contributed by atoms with Crippen LogP contribution in [0, 0.1) is 11.3 Å². The molecule has 122 valence electrons. The number of nitrogens with zero attached hydrogens (tertiary/aromatic N) is 3. The molecule has 1 aromatic carbocycles. The van der Waals surface area contributed by atoms with Crippen molar-refractivity contribution in [2.75, 3.05) is 37.7 Å². The number of hydrogen-bond donors (Lipinski definition) is 0. The molecule has 0 bridgehead atoms. The summed E-state index contributed by atoms with van der Waals surface area (Å²) in [5, 5.41) is 8.76. The van der Waals surface area contributed by atoms with Crippen molar-refractivity contribution >= 4 is 11.7 Å². The lowest BCUT2D eigenvalue weighted by atomic mass is 10.2. The normalized spacial score (nSPS) is 14.1. The van der Waals surface area contributed by atoms with Crippen molar-refractivity contribution in [3.8, 4) is 11.8 Å². The maximum Gasteiger partial charge on any atom is 0.274 e. The number of H-pyrrole nitrogens is 1. The smallest absolute Gasteiger partial charge is 0.274 e. The Kier molecular flexibility index (Phi) is 4.92. The van der Waals surface area contributed by atoms with Crippen LogP contribution in [0.25, 0.3) is 0 Å². The van der Waals surface area contributed by atoms with E-state index in [2.05, 4.69) is 16.0 Å². The molecule has 1 amide bonds. The first-order chi connectivity index (χ1) is 11.8. The minimum Gasteiger partial charge on any atom is -0.484 e. The molecule has 2 heterocycles. The fraction of sp³-hybridized carbons (Fsp3) is 0.278. The summed E-state index contributed by atoms with van der Waals surface area (Å²) in [5.41, 5.74) is 0.572. The van der Waals surface area contributed by atoms with Gasteiger partial charge < -0.3 is 9.64 Å². The van der Waals surface area contributed by atoms with Gasteiger partial charge in [0.1, 0.15) is 18.8 Å². The number of rotatable bonds is 4. The third-order valence-electron chi connectivity index (χ3n) is 4.01. The van der Waals surface area contributed by atoms with Crippen molar-refractivity contribution < 1.29 is 14.5 Å². The second-order valence-electron chi connectivity index (χ2n) is 5.54. The van der Waals surface area contributed by atoms with Crippen molar-refractivity contribution in [3.63, 3.8) is 0 Å². The van der Waals surface area contributed by atoms with E-state index < -0.39 is 0 Å². The average Bonchev–Trinajstić information content (AvgIpc) is 2.67. The van der Waals surface area contributed by atoms with E-state index in [0.29, 0.717) is 24.4 Å². The molecule has 1 aromatic heterocycles. The van der Waals surface area contributed by atoms with Gasteiger partial charge in [0, 0.05) is 6.07 Å². The molecule has 0 spiro atoms. The Morgan fingerprint density at radius 1 is 1.12 bits per heavy atom. The molecule has 0 saturated carbocycles.